The number of likely N-dealkylation sites (N-methyl/N-ethyl adjacent to an activating group) is 1. The highest BCUT2D eigenvalue weighted by Crippen LogP contribution is 2.25. The van der Waals surface area contributed by atoms with Crippen molar-refractivity contribution in [3.8, 4) is 0 Å². The van der Waals surface area contributed by atoms with Gasteiger partial charge in [0.05, 0.1) is 33.9 Å². The summed E-state index contributed by atoms with van der Waals surface area (Å²) in [5, 5.41) is 1.60. The van der Waals surface area contributed by atoms with Crippen LogP contribution < -0.4 is 29.4 Å². The fourth-order valence-electron chi connectivity index (χ4n) is 2.60. The van der Waals surface area contributed by atoms with Crippen molar-refractivity contribution >= 4 is 31.5 Å². The van der Waals surface area contributed by atoms with E-state index in [1.807, 2.05) is 36.4 Å². The molecule has 0 spiro atoms. The Hall–Kier alpha value is -1.02. The summed E-state index contributed by atoms with van der Waals surface area (Å²) >= 11 is 1.67. The molecule has 5 heteroatoms. The summed E-state index contributed by atoms with van der Waals surface area (Å²) in [5.74, 6) is 0. The number of rotatable bonds is 6. The second-order valence-electron chi connectivity index (χ2n) is 6.79. The van der Waals surface area contributed by atoms with Gasteiger partial charge in [-0.2, -0.15) is 0 Å². The maximum atomic E-state index is 12.7. The largest absolute Gasteiger partial charge is 1.00 e. The van der Waals surface area contributed by atoms with Crippen molar-refractivity contribution in [3.63, 3.8) is 0 Å². The van der Waals surface area contributed by atoms with E-state index in [1.165, 1.54) is 0 Å². The molecule has 0 saturated heterocycles. The maximum Gasteiger partial charge on any atom is 0.195 e. The summed E-state index contributed by atoms with van der Waals surface area (Å²) in [7, 11) is 4.41. The number of halogens is 1. The molecule has 134 valence electrons. The monoisotopic (exact) mass is 469 g/mol. The molecule has 0 amide bonds. The van der Waals surface area contributed by atoms with Crippen molar-refractivity contribution in [1.82, 2.24) is 0 Å². The third-order valence-electron chi connectivity index (χ3n) is 4.61. The minimum absolute atomic E-state index is 0. The van der Waals surface area contributed by atoms with Gasteiger partial charge < -0.3 is 33.2 Å². The molecule has 1 aromatic heterocycles. The Labute approximate surface area is 169 Å². The zero-order valence-corrected chi connectivity index (χ0v) is 17.9. The number of nitrogens with zero attached hydrogens (tertiary/aromatic N) is 1. The van der Waals surface area contributed by atoms with Crippen LogP contribution in [0.5, 0.6) is 0 Å². The Morgan fingerprint density at radius 1 is 1.04 bits per heavy atom. The quantitative estimate of drug-likeness (QED) is 0.234. The SMILES string of the molecule is CC[N+](C)(C)CCOCc1ccc2sc3ccccc3c(=O)c2c1.[I-]. The molecule has 0 N–H and O–H groups in total. The van der Waals surface area contributed by atoms with E-state index >= 15 is 0 Å². The Morgan fingerprint density at radius 2 is 1.76 bits per heavy atom. The molecule has 3 aromatic rings. The van der Waals surface area contributed by atoms with Crippen molar-refractivity contribution in [3.05, 3.63) is 58.3 Å². The van der Waals surface area contributed by atoms with Crippen molar-refractivity contribution in [2.45, 2.75) is 13.5 Å². The van der Waals surface area contributed by atoms with Gasteiger partial charge in [-0.1, -0.05) is 18.2 Å². The van der Waals surface area contributed by atoms with Crippen LogP contribution in [0.25, 0.3) is 20.2 Å². The fourth-order valence-corrected chi connectivity index (χ4v) is 3.65. The first-order valence-corrected chi connectivity index (χ1v) is 9.16. The summed E-state index contributed by atoms with van der Waals surface area (Å²) in [6.45, 7) is 5.54. The van der Waals surface area contributed by atoms with E-state index in [-0.39, 0.29) is 29.4 Å². The van der Waals surface area contributed by atoms with Crippen molar-refractivity contribution < 1.29 is 33.2 Å². The number of quaternary nitrogens is 1. The average molecular weight is 469 g/mol. The van der Waals surface area contributed by atoms with E-state index < -0.39 is 0 Å². The van der Waals surface area contributed by atoms with Gasteiger partial charge in [-0.3, -0.25) is 4.79 Å². The molecular weight excluding hydrogens is 445 g/mol. The van der Waals surface area contributed by atoms with E-state index in [9.17, 15) is 4.79 Å². The topological polar surface area (TPSA) is 26.3 Å². The summed E-state index contributed by atoms with van der Waals surface area (Å²) in [5.41, 5.74) is 1.17. The molecule has 25 heavy (non-hydrogen) atoms. The first-order chi connectivity index (χ1) is 11.5. The van der Waals surface area contributed by atoms with Crippen LogP contribution in [0.1, 0.15) is 12.5 Å². The van der Waals surface area contributed by atoms with E-state index in [2.05, 4.69) is 27.1 Å². The van der Waals surface area contributed by atoms with Gasteiger partial charge >= 0.3 is 0 Å². The van der Waals surface area contributed by atoms with E-state index in [0.29, 0.717) is 6.61 Å². The summed E-state index contributed by atoms with van der Waals surface area (Å²) in [6.07, 6.45) is 0. The van der Waals surface area contributed by atoms with Gasteiger partial charge in [0.15, 0.2) is 5.43 Å². The first kappa shape index (κ1) is 20.3. The highest BCUT2D eigenvalue weighted by Gasteiger charge is 2.11. The van der Waals surface area contributed by atoms with Crippen molar-refractivity contribution in [2.75, 3.05) is 33.8 Å². The minimum atomic E-state index is 0. The summed E-state index contributed by atoms with van der Waals surface area (Å²) < 4.78 is 8.85. The predicted molar refractivity (Wildman–Crippen MR) is 103 cm³/mol. The summed E-state index contributed by atoms with van der Waals surface area (Å²) in [4.78, 5) is 12.7. The van der Waals surface area contributed by atoms with Gasteiger partial charge in [0.2, 0.25) is 0 Å². The first-order valence-electron chi connectivity index (χ1n) is 8.34. The molecular formula is C20H24INO2S. The second-order valence-corrected chi connectivity index (χ2v) is 7.87. The Morgan fingerprint density at radius 3 is 2.52 bits per heavy atom. The number of ether oxygens (including phenoxy) is 1. The Bertz CT molecular complexity index is 920. The van der Waals surface area contributed by atoms with Gasteiger partial charge in [0.1, 0.15) is 6.54 Å². The number of benzene rings is 2. The van der Waals surface area contributed by atoms with E-state index in [4.69, 9.17) is 4.74 Å². The maximum absolute atomic E-state index is 12.7. The van der Waals surface area contributed by atoms with Crippen LogP contribution >= 0.6 is 11.3 Å². The molecule has 0 aliphatic rings. The molecule has 0 fully saturated rings. The van der Waals surface area contributed by atoms with Crippen LogP contribution in [0.3, 0.4) is 0 Å². The molecule has 0 atom stereocenters. The van der Waals surface area contributed by atoms with Crippen LogP contribution in [0.15, 0.2) is 47.3 Å². The van der Waals surface area contributed by atoms with Gasteiger partial charge in [-0.25, -0.2) is 0 Å². The predicted octanol–water partition coefficient (Wildman–Crippen LogP) is 1.03. The van der Waals surface area contributed by atoms with Gasteiger partial charge in [0.25, 0.3) is 0 Å². The van der Waals surface area contributed by atoms with Crippen molar-refractivity contribution in [2.24, 2.45) is 0 Å². The zero-order chi connectivity index (χ0) is 17.2. The lowest BCUT2D eigenvalue weighted by atomic mass is 10.1. The molecule has 1 heterocycles. The Balaban J connectivity index is 0.00000225. The molecule has 3 nitrogen and oxygen atoms in total. The van der Waals surface area contributed by atoms with Crippen LogP contribution in [-0.2, 0) is 11.3 Å². The highest BCUT2D eigenvalue weighted by atomic mass is 127. The van der Waals surface area contributed by atoms with Gasteiger partial charge in [0, 0.05) is 20.2 Å². The number of hydrogen-bond acceptors (Lipinski definition) is 3. The second kappa shape index (κ2) is 8.58. The van der Waals surface area contributed by atoms with E-state index in [0.717, 1.165) is 49.9 Å². The average Bonchev–Trinajstić information content (AvgIpc) is 2.59. The third-order valence-corrected chi connectivity index (χ3v) is 5.76. The molecule has 0 saturated carbocycles. The normalized spacial score (nSPS) is 11.6. The number of hydrogen-bond donors (Lipinski definition) is 0. The molecule has 0 unspecified atom stereocenters. The zero-order valence-electron chi connectivity index (χ0n) is 14.9. The molecule has 0 radical (unpaired) electrons. The lowest BCUT2D eigenvalue weighted by Gasteiger charge is -2.27. The van der Waals surface area contributed by atoms with Gasteiger partial charge in [-0.15, -0.1) is 11.3 Å². The fraction of sp³-hybridized carbons (Fsp3) is 0.350. The van der Waals surface area contributed by atoms with E-state index in [1.54, 1.807) is 11.3 Å². The number of fused-ring (bicyclic) bond motifs is 2. The molecule has 0 bridgehead atoms. The van der Waals surface area contributed by atoms with Crippen LogP contribution in [-0.4, -0.2) is 38.3 Å². The van der Waals surface area contributed by atoms with Crippen molar-refractivity contribution in [1.29, 1.82) is 0 Å². The minimum Gasteiger partial charge on any atom is -1.00 e. The molecule has 3 rings (SSSR count). The molecule has 0 aliphatic heterocycles. The van der Waals surface area contributed by atoms with Crippen LogP contribution in [0.4, 0.5) is 0 Å². The smallest absolute Gasteiger partial charge is 0.195 e. The van der Waals surface area contributed by atoms with Crippen LogP contribution in [0.2, 0.25) is 0 Å². The lowest BCUT2D eigenvalue weighted by molar-refractivity contribution is -0.888. The third kappa shape index (κ3) is 4.78. The molecule has 0 aliphatic carbocycles. The van der Waals surface area contributed by atoms with Crippen LogP contribution in [0, 0.1) is 0 Å². The molecule has 2 aromatic carbocycles. The summed E-state index contributed by atoms with van der Waals surface area (Å²) in [6, 6.07) is 13.9. The standard InChI is InChI=1S/C20H24NO2S.HI/c1-4-21(2,3)11-12-23-14-15-9-10-19-17(13-15)20(22)16-7-5-6-8-18(16)24-19;/h5-10,13H,4,11-12,14H2,1-3H3;1H/q+1;/p-1. The highest BCUT2D eigenvalue weighted by molar-refractivity contribution is 7.24. The Kier molecular flexibility index (Phi) is 6.96. The lowest BCUT2D eigenvalue weighted by Crippen LogP contribution is -3.00. The van der Waals surface area contributed by atoms with Gasteiger partial charge in [-0.05, 0) is 36.8 Å².